The Hall–Kier alpha value is -1.68. The summed E-state index contributed by atoms with van der Waals surface area (Å²) in [6.07, 6.45) is 0.0793. The van der Waals surface area contributed by atoms with Gasteiger partial charge in [-0.15, -0.1) is 0 Å². The quantitative estimate of drug-likeness (QED) is 0.882. The maximum Gasteiger partial charge on any atom is 0.163 e. The second kappa shape index (κ2) is 7.26. The van der Waals surface area contributed by atoms with E-state index in [0.29, 0.717) is 6.61 Å². The molecule has 1 aliphatic rings. The maximum absolute atomic E-state index is 6.11. The summed E-state index contributed by atoms with van der Waals surface area (Å²) in [6, 6.07) is 21.0. The molecule has 0 radical (unpaired) electrons. The van der Waals surface area contributed by atoms with Crippen molar-refractivity contribution in [2.45, 2.75) is 38.2 Å². The molecule has 1 saturated heterocycles. The van der Waals surface area contributed by atoms with E-state index >= 15 is 0 Å². The van der Waals surface area contributed by atoms with Crippen LogP contribution in [0.5, 0.6) is 0 Å². The van der Waals surface area contributed by atoms with Crippen LogP contribution in [-0.2, 0) is 16.0 Å². The molecule has 1 heterocycles. The largest absolute Gasteiger partial charge is 0.348 e. The van der Waals surface area contributed by atoms with E-state index in [1.54, 1.807) is 0 Å². The molecule has 0 spiro atoms. The molecule has 122 valence electrons. The van der Waals surface area contributed by atoms with Crippen molar-refractivity contribution in [2.24, 2.45) is 0 Å². The Morgan fingerprint density at radius 3 is 2.30 bits per heavy atom. The highest BCUT2D eigenvalue weighted by atomic mass is 16.7. The number of hydrogen-bond donors (Lipinski definition) is 1. The fraction of sp³-hybridized carbons (Fsp3) is 0.400. The highest BCUT2D eigenvalue weighted by Crippen LogP contribution is 2.31. The summed E-state index contributed by atoms with van der Waals surface area (Å²) in [5.41, 5.74) is 2.59. The highest BCUT2D eigenvalue weighted by Gasteiger charge is 2.37. The topological polar surface area (TPSA) is 30.5 Å². The predicted octanol–water partition coefficient (Wildman–Crippen LogP) is 3.71. The first-order valence-corrected chi connectivity index (χ1v) is 8.25. The van der Waals surface area contributed by atoms with Crippen LogP contribution < -0.4 is 5.32 Å². The molecular weight excluding hydrogens is 286 g/mol. The average molecular weight is 311 g/mol. The van der Waals surface area contributed by atoms with Gasteiger partial charge in [-0.1, -0.05) is 60.7 Å². The van der Waals surface area contributed by atoms with E-state index in [2.05, 4.69) is 53.8 Å². The van der Waals surface area contributed by atoms with Crippen LogP contribution in [-0.4, -0.2) is 25.0 Å². The van der Waals surface area contributed by atoms with Gasteiger partial charge in [0.1, 0.15) is 0 Å². The third kappa shape index (κ3) is 4.41. The lowest BCUT2D eigenvalue weighted by atomic mass is 9.93. The van der Waals surface area contributed by atoms with E-state index in [0.717, 1.165) is 13.1 Å². The summed E-state index contributed by atoms with van der Waals surface area (Å²) < 4.78 is 11.9. The molecule has 0 aliphatic carbocycles. The van der Waals surface area contributed by atoms with Crippen molar-refractivity contribution >= 4 is 0 Å². The molecular formula is C20H25NO2. The molecule has 0 saturated carbocycles. The summed E-state index contributed by atoms with van der Waals surface area (Å²) in [6.45, 7) is 6.32. The van der Waals surface area contributed by atoms with Crippen molar-refractivity contribution in [1.29, 1.82) is 0 Å². The van der Waals surface area contributed by atoms with Gasteiger partial charge in [0.05, 0.1) is 12.7 Å². The standard InChI is InChI=1S/C20H25NO2/c1-20(2)22-15-19(23-20)18(17-11-7-4-8-12-17)14-21-13-16-9-5-3-6-10-16/h3-12,18-19,21H,13-15H2,1-2H3/t18-,19-/m0/s1. The Labute approximate surface area is 138 Å². The summed E-state index contributed by atoms with van der Waals surface area (Å²) in [7, 11) is 0. The third-order valence-electron chi connectivity index (χ3n) is 4.24. The molecule has 0 unspecified atom stereocenters. The van der Waals surface area contributed by atoms with Crippen molar-refractivity contribution in [1.82, 2.24) is 5.32 Å². The summed E-state index contributed by atoms with van der Waals surface area (Å²) in [5, 5.41) is 3.57. The van der Waals surface area contributed by atoms with Crippen LogP contribution in [0.2, 0.25) is 0 Å². The number of rotatable bonds is 6. The van der Waals surface area contributed by atoms with Gasteiger partial charge in [-0.25, -0.2) is 0 Å². The summed E-state index contributed by atoms with van der Waals surface area (Å²) in [4.78, 5) is 0. The van der Waals surface area contributed by atoms with Crippen LogP contribution in [0.1, 0.15) is 30.9 Å². The van der Waals surface area contributed by atoms with E-state index in [1.165, 1.54) is 11.1 Å². The van der Waals surface area contributed by atoms with E-state index in [1.807, 2.05) is 26.0 Å². The first-order valence-electron chi connectivity index (χ1n) is 8.25. The molecule has 1 fully saturated rings. The van der Waals surface area contributed by atoms with Crippen molar-refractivity contribution < 1.29 is 9.47 Å². The normalized spacial score (nSPS) is 21.2. The zero-order chi connectivity index (χ0) is 16.1. The van der Waals surface area contributed by atoms with Gasteiger partial charge in [0.15, 0.2) is 5.79 Å². The van der Waals surface area contributed by atoms with Gasteiger partial charge < -0.3 is 14.8 Å². The lowest BCUT2D eigenvalue weighted by Crippen LogP contribution is -2.32. The maximum atomic E-state index is 6.11. The smallest absolute Gasteiger partial charge is 0.163 e. The van der Waals surface area contributed by atoms with Crippen LogP contribution >= 0.6 is 0 Å². The average Bonchev–Trinajstić information content (AvgIpc) is 2.93. The number of hydrogen-bond acceptors (Lipinski definition) is 3. The summed E-state index contributed by atoms with van der Waals surface area (Å²) >= 11 is 0. The SMILES string of the molecule is CC1(C)OC[C@@H]([C@@H](CNCc2ccccc2)c2ccccc2)O1. The second-order valence-corrected chi connectivity index (χ2v) is 6.50. The molecule has 3 heteroatoms. The Morgan fingerprint density at radius 1 is 1.04 bits per heavy atom. The molecule has 0 amide bonds. The Balaban J connectivity index is 1.66. The highest BCUT2D eigenvalue weighted by molar-refractivity contribution is 5.22. The van der Waals surface area contributed by atoms with Crippen LogP contribution in [0.15, 0.2) is 60.7 Å². The van der Waals surface area contributed by atoms with Crippen molar-refractivity contribution in [3.05, 3.63) is 71.8 Å². The predicted molar refractivity (Wildman–Crippen MR) is 92.2 cm³/mol. The fourth-order valence-corrected chi connectivity index (χ4v) is 3.05. The van der Waals surface area contributed by atoms with E-state index in [4.69, 9.17) is 9.47 Å². The van der Waals surface area contributed by atoms with E-state index in [-0.39, 0.29) is 12.0 Å². The molecule has 2 atom stereocenters. The minimum atomic E-state index is -0.489. The van der Waals surface area contributed by atoms with E-state index < -0.39 is 5.79 Å². The second-order valence-electron chi connectivity index (χ2n) is 6.50. The summed E-state index contributed by atoms with van der Waals surface area (Å²) in [5.74, 6) is -0.210. The van der Waals surface area contributed by atoms with Crippen LogP contribution in [0.25, 0.3) is 0 Å². The first kappa shape index (κ1) is 16.2. The molecule has 1 N–H and O–H groups in total. The Kier molecular flexibility index (Phi) is 5.11. The van der Waals surface area contributed by atoms with Gasteiger partial charge in [0.2, 0.25) is 0 Å². The lowest BCUT2D eigenvalue weighted by molar-refractivity contribution is -0.140. The van der Waals surface area contributed by atoms with Crippen molar-refractivity contribution in [3.8, 4) is 0 Å². The van der Waals surface area contributed by atoms with Gasteiger partial charge in [0.25, 0.3) is 0 Å². The van der Waals surface area contributed by atoms with Crippen LogP contribution in [0.3, 0.4) is 0 Å². The lowest BCUT2D eigenvalue weighted by Gasteiger charge is -2.25. The molecule has 3 nitrogen and oxygen atoms in total. The number of ether oxygens (including phenoxy) is 2. The molecule has 1 aliphatic heterocycles. The van der Waals surface area contributed by atoms with Crippen LogP contribution in [0.4, 0.5) is 0 Å². The Bertz CT molecular complexity index is 598. The zero-order valence-electron chi connectivity index (χ0n) is 13.9. The molecule has 0 bridgehead atoms. The van der Waals surface area contributed by atoms with Crippen molar-refractivity contribution in [3.63, 3.8) is 0 Å². The number of benzene rings is 2. The molecule has 23 heavy (non-hydrogen) atoms. The monoisotopic (exact) mass is 311 g/mol. The van der Waals surface area contributed by atoms with Crippen molar-refractivity contribution in [2.75, 3.05) is 13.2 Å². The zero-order valence-corrected chi connectivity index (χ0v) is 13.9. The third-order valence-corrected chi connectivity index (χ3v) is 4.24. The fourth-order valence-electron chi connectivity index (χ4n) is 3.05. The van der Waals surface area contributed by atoms with Crippen LogP contribution in [0, 0.1) is 0 Å². The minimum absolute atomic E-state index is 0.0793. The molecule has 2 aromatic carbocycles. The molecule has 0 aromatic heterocycles. The van der Waals surface area contributed by atoms with Gasteiger partial charge in [-0.05, 0) is 25.0 Å². The van der Waals surface area contributed by atoms with Gasteiger partial charge in [-0.2, -0.15) is 0 Å². The van der Waals surface area contributed by atoms with Gasteiger partial charge in [0, 0.05) is 19.0 Å². The molecule has 3 rings (SSSR count). The van der Waals surface area contributed by atoms with Gasteiger partial charge >= 0.3 is 0 Å². The number of nitrogens with one attached hydrogen (secondary N) is 1. The molecule has 2 aromatic rings. The first-order chi connectivity index (χ1) is 11.1. The minimum Gasteiger partial charge on any atom is -0.348 e. The Morgan fingerprint density at radius 2 is 1.70 bits per heavy atom. The van der Waals surface area contributed by atoms with Gasteiger partial charge in [-0.3, -0.25) is 0 Å². The van der Waals surface area contributed by atoms with E-state index in [9.17, 15) is 0 Å².